The van der Waals surface area contributed by atoms with Crippen molar-refractivity contribution in [3.63, 3.8) is 0 Å². The third-order valence-corrected chi connectivity index (χ3v) is 4.73. The molecule has 1 aromatic rings. The smallest absolute Gasteiger partial charge is 0.126 e. The summed E-state index contributed by atoms with van der Waals surface area (Å²) in [6.45, 7) is 8.31. The van der Waals surface area contributed by atoms with Gasteiger partial charge >= 0.3 is 0 Å². The Bertz CT molecular complexity index is 460. The van der Waals surface area contributed by atoms with Gasteiger partial charge in [-0.1, -0.05) is 25.1 Å². The lowest BCUT2D eigenvalue weighted by molar-refractivity contribution is -0.0298. The Morgan fingerprint density at radius 1 is 1.40 bits per heavy atom. The van der Waals surface area contributed by atoms with Crippen molar-refractivity contribution >= 4 is 0 Å². The van der Waals surface area contributed by atoms with E-state index >= 15 is 0 Å². The number of methoxy groups -OCH3 is 1. The van der Waals surface area contributed by atoms with E-state index in [1.165, 1.54) is 0 Å². The summed E-state index contributed by atoms with van der Waals surface area (Å²) in [4.78, 5) is 0. The molecule has 1 saturated heterocycles. The molecule has 3 heteroatoms. The molecule has 1 aromatic carbocycles. The van der Waals surface area contributed by atoms with Crippen LogP contribution in [0.25, 0.3) is 0 Å². The van der Waals surface area contributed by atoms with Crippen molar-refractivity contribution in [1.82, 2.24) is 5.32 Å². The van der Waals surface area contributed by atoms with Crippen LogP contribution in [0.15, 0.2) is 24.3 Å². The van der Waals surface area contributed by atoms with E-state index in [0.29, 0.717) is 0 Å². The average Bonchev–Trinajstić information content (AvgIpc) is 2.39. The molecule has 2 nitrogen and oxygen atoms in total. The second kappa shape index (κ2) is 5.82. The quantitative estimate of drug-likeness (QED) is 0.907. The van der Waals surface area contributed by atoms with E-state index < -0.39 is 0 Å². The van der Waals surface area contributed by atoms with Crippen molar-refractivity contribution in [2.45, 2.75) is 45.1 Å². The van der Waals surface area contributed by atoms with Crippen LogP contribution in [0.4, 0.5) is 4.39 Å². The minimum absolute atomic E-state index is 0.0486. The summed E-state index contributed by atoms with van der Waals surface area (Å²) in [7, 11) is 1.75. The Kier molecular flexibility index (Phi) is 4.50. The lowest BCUT2D eigenvalue weighted by Gasteiger charge is -2.46. The van der Waals surface area contributed by atoms with E-state index in [1.807, 2.05) is 12.1 Å². The van der Waals surface area contributed by atoms with Crippen molar-refractivity contribution in [2.75, 3.05) is 20.2 Å². The Hall–Kier alpha value is -0.930. The lowest BCUT2D eigenvalue weighted by atomic mass is 9.64. The summed E-state index contributed by atoms with van der Waals surface area (Å²) in [5.41, 5.74) is 0.692. The highest BCUT2D eigenvalue weighted by atomic mass is 19.1. The summed E-state index contributed by atoms with van der Waals surface area (Å²) in [6.07, 6.45) is 1.97. The van der Waals surface area contributed by atoms with Gasteiger partial charge in [0.15, 0.2) is 0 Å². The summed E-state index contributed by atoms with van der Waals surface area (Å²) in [6, 6.07) is 7.16. The number of hydrogen-bond acceptors (Lipinski definition) is 2. The molecule has 0 spiro atoms. The molecule has 0 saturated carbocycles. The van der Waals surface area contributed by atoms with Crippen molar-refractivity contribution in [2.24, 2.45) is 5.41 Å². The highest BCUT2D eigenvalue weighted by Gasteiger charge is 2.42. The van der Waals surface area contributed by atoms with E-state index in [-0.39, 0.29) is 22.8 Å². The second-order valence-electron chi connectivity index (χ2n) is 6.82. The maximum absolute atomic E-state index is 14.2. The number of rotatable bonds is 4. The second-order valence-corrected chi connectivity index (χ2v) is 6.82. The fourth-order valence-electron chi connectivity index (χ4n) is 3.54. The van der Waals surface area contributed by atoms with Crippen LogP contribution in [-0.4, -0.2) is 25.8 Å². The van der Waals surface area contributed by atoms with Crippen LogP contribution in [0.3, 0.4) is 0 Å². The van der Waals surface area contributed by atoms with Gasteiger partial charge in [0.25, 0.3) is 0 Å². The molecule has 1 heterocycles. The van der Waals surface area contributed by atoms with Crippen LogP contribution in [0.1, 0.15) is 45.1 Å². The van der Waals surface area contributed by atoms with Crippen molar-refractivity contribution in [3.05, 3.63) is 35.6 Å². The van der Waals surface area contributed by atoms with Crippen molar-refractivity contribution < 1.29 is 9.13 Å². The molecular weight excluding hydrogens is 253 g/mol. The SMILES string of the molecule is COC(C)(C)CC1(C)CCNCC1c1ccccc1F. The molecule has 0 amide bonds. The molecule has 20 heavy (non-hydrogen) atoms. The third-order valence-electron chi connectivity index (χ3n) is 4.73. The Balaban J connectivity index is 2.32. The molecule has 1 N–H and O–H groups in total. The van der Waals surface area contributed by atoms with E-state index in [1.54, 1.807) is 19.2 Å². The van der Waals surface area contributed by atoms with Gasteiger partial charge in [-0.25, -0.2) is 4.39 Å². The van der Waals surface area contributed by atoms with Gasteiger partial charge in [-0.3, -0.25) is 0 Å². The van der Waals surface area contributed by atoms with Crippen LogP contribution < -0.4 is 5.32 Å². The van der Waals surface area contributed by atoms with Crippen LogP contribution in [0.2, 0.25) is 0 Å². The van der Waals surface area contributed by atoms with Gasteiger partial charge in [-0.15, -0.1) is 0 Å². The zero-order valence-electron chi connectivity index (χ0n) is 13.0. The first-order valence-corrected chi connectivity index (χ1v) is 7.38. The van der Waals surface area contributed by atoms with Crippen molar-refractivity contribution in [3.8, 4) is 0 Å². The molecule has 1 aliphatic rings. The van der Waals surface area contributed by atoms with Gasteiger partial charge in [0, 0.05) is 19.6 Å². The standard InChI is InChI=1S/C17H26FNO/c1-16(2,20-4)12-17(3)9-10-19-11-14(17)13-7-5-6-8-15(13)18/h5-8,14,19H,9-12H2,1-4H3. The first-order valence-electron chi connectivity index (χ1n) is 7.38. The zero-order chi connectivity index (χ0) is 14.8. The molecule has 0 aliphatic carbocycles. The summed E-state index contributed by atoms with van der Waals surface area (Å²) in [5.74, 6) is 0.0922. The van der Waals surface area contributed by atoms with Crippen molar-refractivity contribution in [1.29, 1.82) is 0 Å². The van der Waals surface area contributed by atoms with Gasteiger partial charge in [0.2, 0.25) is 0 Å². The molecule has 2 rings (SSSR count). The zero-order valence-corrected chi connectivity index (χ0v) is 13.0. The fraction of sp³-hybridized carbons (Fsp3) is 0.647. The summed E-state index contributed by atoms with van der Waals surface area (Å²) < 4.78 is 19.8. The Morgan fingerprint density at radius 2 is 2.10 bits per heavy atom. The molecule has 112 valence electrons. The van der Waals surface area contributed by atoms with Gasteiger partial charge in [0.05, 0.1) is 5.60 Å². The van der Waals surface area contributed by atoms with E-state index in [2.05, 4.69) is 26.1 Å². The van der Waals surface area contributed by atoms with Gasteiger partial charge in [-0.05, 0) is 50.3 Å². The van der Waals surface area contributed by atoms with Crippen LogP contribution in [-0.2, 0) is 4.74 Å². The highest BCUT2D eigenvalue weighted by molar-refractivity contribution is 5.25. The number of ether oxygens (including phenoxy) is 1. The number of hydrogen-bond donors (Lipinski definition) is 1. The number of piperidine rings is 1. The predicted molar refractivity (Wildman–Crippen MR) is 80.4 cm³/mol. The minimum atomic E-state index is -0.185. The van der Waals surface area contributed by atoms with Crippen LogP contribution >= 0.6 is 0 Å². The van der Waals surface area contributed by atoms with Crippen LogP contribution in [0.5, 0.6) is 0 Å². The molecule has 2 unspecified atom stereocenters. The van der Waals surface area contributed by atoms with Gasteiger partial charge in [-0.2, -0.15) is 0 Å². The van der Waals surface area contributed by atoms with E-state index in [4.69, 9.17) is 4.74 Å². The minimum Gasteiger partial charge on any atom is -0.379 e. The highest BCUT2D eigenvalue weighted by Crippen LogP contribution is 2.47. The molecule has 2 atom stereocenters. The molecule has 1 fully saturated rings. The Morgan fingerprint density at radius 3 is 2.75 bits per heavy atom. The molecule has 0 radical (unpaired) electrons. The molecule has 1 aliphatic heterocycles. The number of nitrogens with one attached hydrogen (secondary N) is 1. The van der Waals surface area contributed by atoms with E-state index in [0.717, 1.165) is 31.5 Å². The summed E-state index contributed by atoms with van der Waals surface area (Å²) in [5, 5.41) is 3.41. The number of halogens is 1. The predicted octanol–water partition coefficient (Wildman–Crippen LogP) is 3.72. The lowest BCUT2D eigenvalue weighted by Crippen LogP contribution is -2.46. The maximum Gasteiger partial charge on any atom is 0.126 e. The monoisotopic (exact) mass is 279 g/mol. The number of benzene rings is 1. The third kappa shape index (κ3) is 3.21. The first-order chi connectivity index (χ1) is 9.38. The maximum atomic E-state index is 14.2. The van der Waals surface area contributed by atoms with Gasteiger partial charge in [0.1, 0.15) is 5.82 Å². The summed E-state index contributed by atoms with van der Waals surface area (Å²) >= 11 is 0. The van der Waals surface area contributed by atoms with Gasteiger partial charge < -0.3 is 10.1 Å². The molecular formula is C17H26FNO. The molecule has 0 aromatic heterocycles. The average molecular weight is 279 g/mol. The largest absolute Gasteiger partial charge is 0.379 e. The first kappa shape index (κ1) is 15.5. The normalized spacial score (nSPS) is 27.6. The molecule has 0 bridgehead atoms. The van der Waals surface area contributed by atoms with Crippen LogP contribution in [0, 0.1) is 11.2 Å². The van der Waals surface area contributed by atoms with E-state index in [9.17, 15) is 4.39 Å². The topological polar surface area (TPSA) is 21.3 Å². The fourth-order valence-corrected chi connectivity index (χ4v) is 3.54. The Labute approximate surface area is 121 Å².